The zero-order chi connectivity index (χ0) is 43.5. The van der Waals surface area contributed by atoms with Crippen LogP contribution in [-0.4, -0.2) is 169 Å². The minimum absolute atomic E-state index is 0.0375. The van der Waals surface area contributed by atoms with Gasteiger partial charge in [0.25, 0.3) is 0 Å². The summed E-state index contributed by atoms with van der Waals surface area (Å²) in [6, 6.07) is 0. The Labute approximate surface area is 357 Å². The number of fused-ring (bicyclic) bond motifs is 7. The number of ether oxygens (including phenoxy) is 8. The molecule has 0 aromatic rings. The number of allylic oxidation sites excluding steroid dienone is 1. The molecule has 5 heterocycles. The van der Waals surface area contributed by atoms with Crippen LogP contribution < -0.4 is 0 Å². The predicted molar refractivity (Wildman–Crippen MR) is 209 cm³/mol. The molecule has 9 rings (SSSR count). The Morgan fingerprint density at radius 1 is 0.705 bits per heavy atom. The minimum atomic E-state index is -1.94. The van der Waals surface area contributed by atoms with Gasteiger partial charge in [-0.05, 0) is 98.7 Å². The van der Waals surface area contributed by atoms with Crippen molar-refractivity contribution < 1.29 is 83.9 Å². The lowest BCUT2D eigenvalue weighted by molar-refractivity contribution is -0.397. The molecule has 0 radical (unpaired) electrons. The van der Waals surface area contributed by atoms with Crippen LogP contribution >= 0.6 is 0 Å². The fourth-order valence-corrected chi connectivity index (χ4v) is 13.8. The van der Waals surface area contributed by atoms with E-state index >= 15 is 0 Å². The van der Waals surface area contributed by atoms with Gasteiger partial charge < -0.3 is 83.9 Å². The summed E-state index contributed by atoms with van der Waals surface area (Å²) in [5.74, 6) is 2.56. The molecule has 26 atom stereocenters. The van der Waals surface area contributed by atoms with Crippen LogP contribution in [0.1, 0.15) is 92.4 Å². The lowest BCUT2D eigenvalue weighted by Gasteiger charge is -2.58. The first-order valence-corrected chi connectivity index (χ1v) is 22.9. The fraction of sp³-hybridized carbons (Fsp3) is 0.955. The van der Waals surface area contributed by atoms with Gasteiger partial charge in [-0.3, -0.25) is 0 Å². The highest BCUT2D eigenvalue weighted by atomic mass is 16.8. The topological polar surface area (TPSA) is 256 Å². The van der Waals surface area contributed by atoms with Crippen molar-refractivity contribution in [2.45, 2.75) is 203 Å². The largest absolute Gasteiger partial charge is 0.394 e. The molecule has 17 nitrogen and oxygen atoms in total. The predicted octanol–water partition coefficient (Wildman–Crippen LogP) is 0.172. The Kier molecular flexibility index (Phi) is 12.4. The van der Waals surface area contributed by atoms with E-state index in [2.05, 4.69) is 33.8 Å². The Morgan fingerprint density at radius 2 is 1.41 bits per heavy atom. The summed E-state index contributed by atoms with van der Waals surface area (Å²) in [4.78, 5) is 0. The van der Waals surface area contributed by atoms with E-state index in [4.69, 9.17) is 37.9 Å². The molecule has 1 spiro atoms. The summed E-state index contributed by atoms with van der Waals surface area (Å²) in [5.41, 5.74) is 1.48. The van der Waals surface area contributed by atoms with Crippen LogP contribution in [0.15, 0.2) is 11.6 Å². The lowest BCUT2D eigenvalue weighted by atomic mass is 9.47. The van der Waals surface area contributed by atoms with Gasteiger partial charge in [0, 0.05) is 12.3 Å². The van der Waals surface area contributed by atoms with E-state index in [1.165, 1.54) is 12.5 Å². The van der Waals surface area contributed by atoms with Crippen molar-refractivity contribution in [1.82, 2.24) is 0 Å². The van der Waals surface area contributed by atoms with E-state index in [0.717, 1.165) is 51.6 Å². The summed E-state index contributed by atoms with van der Waals surface area (Å²) >= 11 is 0. The normalized spacial score (nSPS) is 58.4. The second kappa shape index (κ2) is 16.7. The van der Waals surface area contributed by atoms with Crippen LogP contribution in [0.2, 0.25) is 0 Å². The van der Waals surface area contributed by atoms with Crippen molar-refractivity contribution in [3.05, 3.63) is 11.6 Å². The molecule has 3 saturated carbocycles. The molecular formula is C44H70O17. The maximum absolute atomic E-state index is 11.9. The molecule has 0 bridgehead atoms. The van der Waals surface area contributed by atoms with Crippen LogP contribution in [0, 0.1) is 46.3 Å². The molecule has 17 heteroatoms. The van der Waals surface area contributed by atoms with Crippen molar-refractivity contribution in [2.24, 2.45) is 46.3 Å². The molecule has 0 aromatic carbocycles. The summed E-state index contributed by atoms with van der Waals surface area (Å²) in [5, 5.41) is 95.3. The van der Waals surface area contributed by atoms with Crippen LogP contribution in [0.25, 0.3) is 0 Å². The van der Waals surface area contributed by atoms with Crippen molar-refractivity contribution in [3.63, 3.8) is 0 Å². The molecule has 61 heavy (non-hydrogen) atoms. The summed E-state index contributed by atoms with van der Waals surface area (Å²) < 4.78 is 49.3. The van der Waals surface area contributed by atoms with Gasteiger partial charge in [0.05, 0.1) is 31.5 Å². The molecular weight excluding hydrogens is 800 g/mol. The average molecular weight is 871 g/mol. The molecule has 9 aliphatic rings. The number of hydrogen-bond acceptors (Lipinski definition) is 17. The Bertz CT molecular complexity index is 1590. The standard InChI is InChI=1S/C44H70O17/c1-18-8-13-44(54-17-18)19(2)28-26(61-44)15-25-23-7-6-21-14-22(9-11-42(21,4)24(23)10-12-43(25,28)5)56-41-37(59-39-33(50)30(47)29(46)20(3)55-39)35(52)36(27(16-45)57-41)58-40-34(51)31(48)32(49)38(53)60-40/h6,18-20,22-41,45-53H,7-17H2,1-5H3/t18-,19+,20?,22?,23-,24+,25+,26+,27?,28+,29+,30+,31+,32-,33?,34?,35+,36-,37?,38?,39+,40-,41-,42+,43+,44-/m1/s1. The molecule has 5 aliphatic heterocycles. The van der Waals surface area contributed by atoms with Gasteiger partial charge in [0.15, 0.2) is 30.9 Å². The van der Waals surface area contributed by atoms with E-state index in [-0.39, 0.29) is 16.9 Å². The van der Waals surface area contributed by atoms with E-state index < -0.39 is 111 Å². The molecule has 0 amide bonds. The summed E-state index contributed by atoms with van der Waals surface area (Å²) in [6.45, 7) is 11.1. The maximum Gasteiger partial charge on any atom is 0.189 e. The quantitative estimate of drug-likeness (QED) is 0.155. The SMILES string of the molecule is CC1O[C@@H](OC2[C@H](OC3CC[C@@]4(C)C(=CC[C@H]5[C@@H]6C[C@@H]7O[C@]8(CC[C@@H](C)CO8)[C@@H](C)[C@@H]7[C@@]6(C)CC[C@@H]54)C3)OC(CO)[C@@H](O[C@@H]3OC(O)[C@H](O)[C@H](O)C3O)[C@@H]2O)C(O)[C@@H](O)[C@H]1O. The minimum Gasteiger partial charge on any atom is -0.394 e. The second-order valence-corrected chi connectivity index (χ2v) is 20.7. The molecule has 0 aromatic heterocycles. The average Bonchev–Trinajstić information content (AvgIpc) is 3.69. The van der Waals surface area contributed by atoms with Crippen LogP contribution in [0.3, 0.4) is 0 Å². The van der Waals surface area contributed by atoms with Gasteiger partial charge in [-0.2, -0.15) is 0 Å². The van der Waals surface area contributed by atoms with Crippen molar-refractivity contribution >= 4 is 0 Å². The van der Waals surface area contributed by atoms with Crippen molar-refractivity contribution in [2.75, 3.05) is 13.2 Å². The van der Waals surface area contributed by atoms with Crippen LogP contribution in [0.4, 0.5) is 0 Å². The summed E-state index contributed by atoms with van der Waals surface area (Å²) in [7, 11) is 0. The zero-order valence-corrected chi connectivity index (χ0v) is 35.9. The zero-order valence-electron chi connectivity index (χ0n) is 35.9. The van der Waals surface area contributed by atoms with Gasteiger partial charge in [0.2, 0.25) is 0 Å². The molecule has 7 unspecified atom stereocenters. The van der Waals surface area contributed by atoms with E-state index in [0.29, 0.717) is 48.3 Å². The van der Waals surface area contributed by atoms with Crippen LogP contribution in [-0.2, 0) is 37.9 Å². The Balaban J connectivity index is 0.916. The van der Waals surface area contributed by atoms with Gasteiger partial charge in [-0.1, -0.05) is 39.3 Å². The van der Waals surface area contributed by atoms with E-state index in [9.17, 15) is 46.0 Å². The monoisotopic (exact) mass is 870 g/mol. The Morgan fingerprint density at radius 3 is 2.11 bits per heavy atom. The highest BCUT2D eigenvalue weighted by molar-refractivity contribution is 5.26. The Hall–Kier alpha value is -0.940. The van der Waals surface area contributed by atoms with Gasteiger partial charge in [-0.25, -0.2) is 0 Å². The molecule has 8 fully saturated rings. The number of aliphatic hydroxyl groups is 9. The maximum atomic E-state index is 11.9. The first-order valence-electron chi connectivity index (χ1n) is 22.9. The fourth-order valence-electron chi connectivity index (χ4n) is 13.8. The smallest absolute Gasteiger partial charge is 0.189 e. The second-order valence-electron chi connectivity index (χ2n) is 20.7. The van der Waals surface area contributed by atoms with E-state index in [1.54, 1.807) is 0 Å². The van der Waals surface area contributed by atoms with Gasteiger partial charge in [0.1, 0.15) is 61.0 Å². The molecule has 4 aliphatic carbocycles. The first-order chi connectivity index (χ1) is 28.9. The third-order valence-corrected chi connectivity index (χ3v) is 17.4. The third kappa shape index (κ3) is 7.41. The van der Waals surface area contributed by atoms with Gasteiger partial charge >= 0.3 is 0 Å². The highest BCUT2D eigenvalue weighted by Crippen LogP contribution is 2.70. The van der Waals surface area contributed by atoms with Gasteiger partial charge in [-0.15, -0.1) is 0 Å². The molecule has 5 saturated heterocycles. The number of aliphatic hydroxyl groups excluding tert-OH is 9. The third-order valence-electron chi connectivity index (χ3n) is 17.4. The molecule has 348 valence electrons. The molecule has 9 N–H and O–H groups in total. The number of hydrogen-bond donors (Lipinski definition) is 9. The van der Waals surface area contributed by atoms with E-state index in [1.807, 2.05) is 0 Å². The van der Waals surface area contributed by atoms with Crippen molar-refractivity contribution in [1.29, 1.82) is 0 Å². The van der Waals surface area contributed by atoms with Crippen molar-refractivity contribution in [3.8, 4) is 0 Å². The highest BCUT2D eigenvalue weighted by Gasteiger charge is 2.69. The van der Waals surface area contributed by atoms with Crippen LogP contribution in [0.5, 0.6) is 0 Å². The lowest BCUT2D eigenvalue weighted by Crippen LogP contribution is -2.66. The number of rotatable bonds is 7. The first kappa shape index (κ1) is 45.2. The summed E-state index contributed by atoms with van der Waals surface area (Å²) in [6.07, 6.45) is -13.2.